The molecular weight excluding hydrogens is 192 g/mol. The second kappa shape index (κ2) is 3.56. The minimum Gasteiger partial charge on any atom is -0.260 e. The molecule has 70 valence electrons. The summed E-state index contributed by atoms with van der Waals surface area (Å²) in [5.74, 6) is 0.109. The van der Waals surface area contributed by atoms with Gasteiger partial charge in [-0.05, 0) is 12.1 Å². The molecule has 15 heavy (non-hydrogen) atoms. The molecule has 0 aromatic carbocycles. The van der Waals surface area contributed by atoms with E-state index in [9.17, 15) is 0 Å². The average molecular weight is 197 g/mol. The number of aromatic nitrogens is 3. The Hall–Kier alpha value is -2.73. The smallest absolute Gasteiger partial charge is 0.260 e. The number of rotatable bonds is 1. The molecule has 0 unspecified atom stereocenters. The van der Waals surface area contributed by atoms with Crippen LogP contribution in [-0.4, -0.2) is 14.8 Å². The van der Waals surface area contributed by atoms with Gasteiger partial charge in [-0.1, -0.05) is 9.78 Å². The standard InChI is InChI=1S/C9H5N6/c1-11-8-6-13-15(9(8)14-10)7-3-2-4-12-5-7/h2-6H/q+1. The fourth-order valence-corrected chi connectivity index (χ4v) is 1.17. The summed E-state index contributed by atoms with van der Waals surface area (Å²) in [4.78, 5) is 10.1. The Morgan fingerprint density at radius 2 is 2.27 bits per heavy atom. The summed E-state index contributed by atoms with van der Waals surface area (Å²) in [5.41, 5.74) is 0.835. The van der Waals surface area contributed by atoms with Crippen molar-refractivity contribution in [2.75, 3.05) is 0 Å². The quantitative estimate of drug-likeness (QED) is 0.520. The van der Waals surface area contributed by atoms with Crippen LogP contribution in [0.3, 0.4) is 0 Å². The lowest BCUT2D eigenvalue weighted by Gasteiger charge is -1.90. The molecular formula is C9H5N6+. The molecule has 0 spiro atoms. The highest BCUT2D eigenvalue weighted by Gasteiger charge is 2.23. The second-order valence-electron chi connectivity index (χ2n) is 2.69. The zero-order chi connectivity index (χ0) is 10.7. The Balaban J connectivity index is 2.62. The van der Waals surface area contributed by atoms with Gasteiger partial charge in [0.2, 0.25) is 0 Å². The van der Waals surface area contributed by atoms with Crippen LogP contribution in [0.25, 0.3) is 15.5 Å². The second-order valence-corrected chi connectivity index (χ2v) is 2.69. The maximum absolute atomic E-state index is 8.78. The van der Waals surface area contributed by atoms with Gasteiger partial charge in [-0.2, -0.15) is 0 Å². The molecule has 2 aromatic rings. The van der Waals surface area contributed by atoms with E-state index in [1.165, 1.54) is 10.9 Å². The molecule has 6 nitrogen and oxygen atoms in total. The van der Waals surface area contributed by atoms with Crippen molar-refractivity contribution in [3.05, 3.63) is 47.1 Å². The molecule has 2 aromatic heterocycles. The zero-order valence-corrected chi connectivity index (χ0v) is 7.57. The van der Waals surface area contributed by atoms with Crippen LogP contribution in [0.5, 0.6) is 0 Å². The van der Waals surface area contributed by atoms with Gasteiger partial charge in [0.05, 0.1) is 24.4 Å². The highest BCUT2D eigenvalue weighted by Crippen LogP contribution is 2.29. The molecule has 6 heteroatoms. The number of pyridine rings is 1. The third-order valence-electron chi connectivity index (χ3n) is 1.83. The van der Waals surface area contributed by atoms with Crippen LogP contribution >= 0.6 is 0 Å². The Kier molecular flexibility index (Phi) is 2.10. The van der Waals surface area contributed by atoms with E-state index in [-0.39, 0.29) is 11.5 Å². The van der Waals surface area contributed by atoms with Crippen molar-refractivity contribution in [2.45, 2.75) is 0 Å². The van der Waals surface area contributed by atoms with Crippen molar-refractivity contribution in [1.29, 1.82) is 5.39 Å². The minimum absolute atomic E-state index is 0.109. The number of hydrogen-bond acceptors (Lipinski definition) is 3. The highest BCUT2D eigenvalue weighted by molar-refractivity contribution is 5.67. The molecule has 0 bridgehead atoms. The van der Waals surface area contributed by atoms with Gasteiger partial charge < -0.3 is 0 Å². The number of diazo groups is 1. The normalized spacial score (nSPS) is 9.20. The molecule has 0 radical (unpaired) electrons. The summed E-state index contributed by atoms with van der Waals surface area (Å²) >= 11 is 0. The molecule has 2 heterocycles. The van der Waals surface area contributed by atoms with Gasteiger partial charge in [0, 0.05) is 11.2 Å². The summed E-state index contributed by atoms with van der Waals surface area (Å²) in [5, 5.41) is 12.7. The maximum Gasteiger partial charge on any atom is 0.460 e. The third kappa shape index (κ3) is 1.40. The molecule has 0 N–H and O–H groups in total. The highest BCUT2D eigenvalue weighted by atomic mass is 15.3. The van der Waals surface area contributed by atoms with E-state index in [0.29, 0.717) is 5.69 Å². The van der Waals surface area contributed by atoms with Gasteiger partial charge >= 0.3 is 11.5 Å². The Morgan fingerprint density at radius 3 is 2.87 bits per heavy atom. The summed E-state index contributed by atoms with van der Waals surface area (Å²) < 4.78 is 1.35. The number of nitrogens with zero attached hydrogens (tertiary/aromatic N) is 6. The molecule has 0 saturated carbocycles. The lowest BCUT2D eigenvalue weighted by atomic mass is 10.4. The van der Waals surface area contributed by atoms with Gasteiger partial charge in [0.25, 0.3) is 0 Å². The molecule has 0 aliphatic carbocycles. The van der Waals surface area contributed by atoms with Crippen LogP contribution in [0.4, 0.5) is 11.5 Å². The molecule has 2 rings (SSSR count). The molecule has 0 amide bonds. The minimum atomic E-state index is 0.109. The fourth-order valence-electron chi connectivity index (χ4n) is 1.17. The molecule has 0 aliphatic rings. The first-order valence-electron chi connectivity index (χ1n) is 4.08. The monoisotopic (exact) mass is 197 g/mol. The van der Waals surface area contributed by atoms with Crippen LogP contribution in [0, 0.1) is 12.0 Å². The lowest BCUT2D eigenvalue weighted by molar-refractivity contribution is 0.886. The maximum atomic E-state index is 8.78. The van der Waals surface area contributed by atoms with Crippen LogP contribution in [0.1, 0.15) is 0 Å². The largest absolute Gasteiger partial charge is 0.460 e. The number of hydrogen-bond donors (Lipinski definition) is 0. The summed E-state index contributed by atoms with van der Waals surface area (Å²) in [6.07, 6.45) is 4.53. The first-order valence-corrected chi connectivity index (χ1v) is 4.08. The van der Waals surface area contributed by atoms with E-state index >= 15 is 0 Å². The van der Waals surface area contributed by atoms with Gasteiger partial charge in [-0.15, -0.1) is 0 Å². The Morgan fingerprint density at radius 1 is 1.40 bits per heavy atom. The van der Waals surface area contributed by atoms with Crippen LogP contribution < -0.4 is 0 Å². The fraction of sp³-hybridized carbons (Fsp3) is 0. The van der Waals surface area contributed by atoms with Crippen molar-refractivity contribution < 1.29 is 0 Å². The third-order valence-corrected chi connectivity index (χ3v) is 1.83. The van der Waals surface area contributed by atoms with Crippen molar-refractivity contribution in [3.63, 3.8) is 0 Å². The van der Waals surface area contributed by atoms with E-state index in [1.54, 1.807) is 24.5 Å². The molecule has 0 saturated heterocycles. The summed E-state index contributed by atoms with van der Waals surface area (Å²) in [6.45, 7) is 6.85. The van der Waals surface area contributed by atoms with Crippen molar-refractivity contribution >= 4 is 11.5 Å². The van der Waals surface area contributed by atoms with Gasteiger partial charge in [0.15, 0.2) is 5.69 Å². The molecule has 0 aliphatic heterocycles. The predicted octanol–water partition coefficient (Wildman–Crippen LogP) is 2.30. The van der Waals surface area contributed by atoms with Crippen molar-refractivity contribution in [3.8, 4) is 5.69 Å². The van der Waals surface area contributed by atoms with E-state index in [0.717, 1.165) is 0 Å². The Labute approximate surface area is 85.2 Å². The Bertz CT molecular complexity index is 557. The first kappa shape index (κ1) is 8.85. The van der Waals surface area contributed by atoms with Gasteiger partial charge in [0.1, 0.15) is 0 Å². The topological polar surface area (TPSA) is 63.2 Å². The van der Waals surface area contributed by atoms with E-state index < -0.39 is 0 Å². The van der Waals surface area contributed by atoms with Crippen LogP contribution in [0.15, 0.2) is 30.7 Å². The van der Waals surface area contributed by atoms with Crippen molar-refractivity contribution in [1.82, 2.24) is 14.8 Å². The van der Waals surface area contributed by atoms with E-state index in [2.05, 4.69) is 19.9 Å². The average Bonchev–Trinajstić information content (AvgIpc) is 2.72. The predicted molar refractivity (Wildman–Crippen MR) is 52.4 cm³/mol. The molecule has 0 atom stereocenters. The van der Waals surface area contributed by atoms with E-state index in [4.69, 9.17) is 12.0 Å². The van der Waals surface area contributed by atoms with Gasteiger partial charge in [-0.3, -0.25) is 4.98 Å². The van der Waals surface area contributed by atoms with Crippen molar-refractivity contribution in [2.24, 2.45) is 0 Å². The van der Waals surface area contributed by atoms with Crippen LogP contribution in [0.2, 0.25) is 0 Å². The summed E-state index contributed by atoms with van der Waals surface area (Å²) in [7, 11) is 0. The first-order chi connectivity index (χ1) is 7.36. The van der Waals surface area contributed by atoms with Gasteiger partial charge in [-0.25, -0.2) is 4.85 Å². The lowest BCUT2D eigenvalue weighted by Crippen LogP contribution is -1.94. The summed E-state index contributed by atoms with van der Waals surface area (Å²) in [6, 6.07) is 3.48. The molecule has 0 fully saturated rings. The zero-order valence-electron chi connectivity index (χ0n) is 7.57. The van der Waals surface area contributed by atoms with E-state index in [1.807, 2.05) is 0 Å². The van der Waals surface area contributed by atoms with Crippen LogP contribution in [-0.2, 0) is 0 Å². The SMILES string of the molecule is [C-]#[N+]c1cnn(-c2cccnc2)c1[N+]#N.